The van der Waals surface area contributed by atoms with Gasteiger partial charge in [0.15, 0.2) is 5.76 Å². The SMILES string of the molecule is C=CCN(CC=C)CC1CN(/N=C/c2ccc([N+](=O)[O-])o2)C(=O)O1. The van der Waals surface area contributed by atoms with E-state index in [1.807, 2.05) is 4.90 Å². The largest absolute Gasteiger partial charge is 0.441 e. The van der Waals surface area contributed by atoms with Crippen LogP contribution in [0.4, 0.5) is 10.7 Å². The second-order valence-corrected chi connectivity index (χ2v) is 5.06. The fraction of sp³-hybridized carbons (Fsp3) is 0.333. The fourth-order valence-corrected chi connectivity index (χ4v) is 2.21. The van der Waals surface area contributed by atoms with Crippen molar-refractivity contribution in [3.8, 4) is 0 Å². The van der Waals surface area contributed by atoms with Crippen LogP contribution in [0.3, 0.4) is 0 Å². The van der Waals surface area contributed by atoms with Crippen molar-refractivity contribution in [2.24, 2.45) is 5.10 Å². The molecule has 0 radical (unpaired) electrons. The first-order chi connectivity index (χ1) is 11.5. The molecule has 9 heteroatoms. The van der Waals surface area contributed by atoms with Gasteiger partial charge in [-0.1, -0.05) is 12.2 Å². The number of nitro groups is 1. The van der Waals surface area contributed by atoms with Gasteiger partial charge in [-0.3, -0.25) is 15.0 Å². The van der Waals surface area contributed by atoms with Crippen LogP contribution >= 0.6 is 0 Å². The summed E-state index contributed by atoms with van der Waals surface area (Å²) in [4.78, 5) is 23.7. The van der Waals surface area contributed by atoms with Crippen LogP contribution in [0.5, 0.6) is 0 Å². The zero-order valence-corrected chi connectivity index (χ0v) is 13.0. The second-order valence-electron chi connectivity index (χ2n) is 5.06. The number of amides is 1. The summed E-state index contributed by atoms with van der Waals surface area (Å²) in [6, 6.07) is 2.62. The molecule has 0 spiro atoms. The number of carbonyl (C=O) groups excluding carboxylic acids is 1. The number of furan rings is 1. The molecule has 9 nitrogen and oxygen atoms in total. The third-order valence-electron chi connectivity index (χ3n) is 3.21. The molecule has 1 aliphatic heterocycles. The monoisotopic (exact) mass is 334 g/mol. The zero-order chi connectivity index (χ0) is 17.5. The number of cyclic esters (lactones) is 1. The molecule has 1 atom stereocenters. The van der Waals surface area contributed by atoms with E-state index in [0.717, 1.165) is 5.01 Å². The maximum absolute atomic E-state index is 11.8. The molecule has 1 unspecified atom stereocenters. The van der Waals surface area contributed by atoms with E-state index in [-0.39, 0.29) is 24.3 Å². The van der Waals surface area contributed by atoms with Gasteiger partial charge in [0.1, 0.15) is 11.0 Å². The van der Waals surface area contributed by atoms with Crippen LogP contribution in [0.25, 0.3) is 0 Å². The Kier molecular flexibility index (Phi) is 5.85. The van der Waals surface area contributed by atoms with Crippen molar-refractivity contribution < 1.29 is 18.9 Å². The molecule has 1 aromatic rings. The maximum atomic E-state index is 11.8. The summed E-state index contributed by atoms with van der Waals surface area (Å²) in [5, 5.41) is 15.7. The van der Waals surface area contributed by atoms with Crippen molar-refractivity contribution in [3.05, 3.63) is 53.3 Å². The summed E-state index contributed by atoms with van der Waals surface area (Å²) in [5.74, 6) is -0.208. The molecule has 2 rings (SSSR count). The molecule has 2 heterocycles. The van der Waals surface area contributed by atoms with Gasteiger partial charge in [0.25, 0.3) is 0 Å². The summed E-state index contributed by atoms with van der Waals surface area (Å²) in [7, 11) is 0. The quantitative estimate of drug-likeness (QED) is 0.296. The van der Waals surface area contributed by atoms with Crippen molar-refractivity contribution in [1.82, 2.24) is 9.91 Å². The smallest absolute Gasteiger partial charge is 0.433 e. The summed E-state index contributed by atoms with van der Waals surface area (Å²) in [6.45, 7) is 9.49. The first kappa shape index (κ1) is 17.4. The average Bonchev–Trinajstić information content (AvgIpc) is 3.13. The van der Waals surface area contributed by atoms with Crippen molar-refractivity contribution in [2.45, 2.75) is 6.10 Å². The Balaban J connectivity index is 1.93. The van der Waals surface area contributed by atoms with Crippen molar-refractivity contribution in [2.75, 3.05) is 26.2 Å². The Morgan fingerprint density at radius 2 is 2.12 bits per heavy atom. The third-order valence-corrected chi connectivity index (χ3v) is 3.21. The lowest BCUT2D eigenvalue weighted by atomic mass is 10.3. The Labute approximate surface area is 138 Å². The first-order valence-electron chi connectivity index (χ1n) is 7.24. The maximum Gasteiger partial charge on any atom is 0.433 e. The van der Waals surface area contributed by atoms with Gasteiger partial charge in [-0.25, -0.2) is 4.79 Å². The Morgan fingerprint density at radius 1 is 1.42 bits per heavy atom. The van der Waals surface area contributed by atoms with E-state index < -0.39 is 11.0 Å². The van der Waals surface area contributed by atoms with Gasteiger partial charge in [-0.2, -0.15) is 10.1 Å². The minimum Gasteiger partial charge on any atom is -0.441 e. The predicted molar refractivity (Wildman–Crippen MR) is 86.8 cm³/mol. The lowest BCUT2D eigenvalue weighted by Crippen LogP contribution is -2.34. The Hall–Kier alpha value is -2.94. The number of nitrogens with zero attached hydrogens (tertiary/aromatic N) is 4. The van der Waals surface area contributed by atoms with Crippen LogP contribution in [0.1, 0.15) is 5.76 Å². The van der Waals surface area contributed by atoms with Crippen molar-refractivity contribution in [1.29, 1.82) is 0 Å². The lowest BCUT2D eigenvalue weighted by Gasteiger charge is -2.21. The highest BCUT2D eigenvalue weighted by atomic mass is 16.6. The molecular weight excluding hydrogens is 316 g/mol. The van der Waals surface area contributed by atoms with Gasteiger partial charge < -0.3 is 9.15 Å². The molecule has 0 N–H and O–H groups in total. The van der Waals surface area contributed by atoms with Crippen molar-refractivity contribution in [3.63, 3.8) is 0 Å². The van der Waals surface area contributed by atoms with E-state index in [2.05, 4.69) is 18.3 Å². The predicted octanol–water partition coefficient (Wildman–Crippen LogP) is 2.02. The van der Waals surface area contributed by atoms with E-state index in [4.69, 9.17) is 9.15 Å². The van der Waals surface area contributed by atoms with Crippen LogP contribution in [-0.2, 0) is 4.74 Å². The van der Waals surface area contributed by atoms with E-state index in [0.29, 0.717) is 19.6 Å². The molecule has 0 bridgehead atoms. The molecule has 1 saturated heterocycles. The average molecular weight is 334 g/mol. The second kappa shape index (κ2) is 8.06. The van der Waals surface area contributed by atoms with E-state index in [9.17, 15) is 14.9 Å². The van der Waals surface area contributed by atoms with Gasteiger partial charge in [0.2, 0.25) is 0 Å². The highest BCUT2D eigenvalue weighted by Crippen LogP contribution is 2.16. The number of rotatable bonds is 9. The standard InChI is InChI=1S/C15H18N4O5/c1-3-7-17(8-4-2)10-13-11-18(15(20)24-13)16-9-12-5-6-14(23-12)19(21)22/h3-6,9,13H,1-2,7-8,10-11H2/b16-9+. The molecule has 0 saturated carbocycles. The Bertz CT molecular complexity index is 644. The van der Waals surface area contributed by atoms with Crippen LogP contribution in [0, 0.1) is 10.1 Å². The summed E-state index contributed by atoms with van der Waals surface area (Å²) >= 11 is 0. The van der Waals surface area contributed by atoms with E-state index in [1.54, 1.807) is 12.2 Å². The van der Waals surface area contributed by atoms with Crippen LogP contribution in [0.2, 0.25) is 0 Å². The molecule has 0 aliphatic carbocycles. The molecule has 0 aromatic carbocycles. The fourth-order valence-electron chi connectivity index (χ4n) is 2.21. The van der Waals surface area contributed by atoms with Crippen LogP contribution in [0.15, 0.2) is 47.0 Å². The molecular formula is C15H18N4O5. The van der Waals surface area contributed by atoms with Gasteiger partial charge in [-0.05, 0) is 6.07 Å². The molecule has 1 amide bonds. The first-order valence-corrected chi connectivity index (χ1v) is 7.24. The summed E-state index contributed by atoms with van der Waals surface area (Å²) < 4.78 is 10.2. The minimum absolute atomic E-state index is 0.179. The minimum atomic E-state index is -0.648. The highest BCUT2D eigenvalue weighted by Gasteiger charge is 2.32. The number of carbonyl (C=O) groups is 1. The van der Waals surface area contributed by atoms with Crippen LogP contribution < -0.4 is 0 Å². The number of hydrogen-bond acceptors (Lipinski definition) is 7. The summed E-state index contributed by atoms with van der Waals surface area (Å²) in [5.41, 5.74) is 0. The molecule has 24 heavy (non-hydrogen) atoms. The van der Waals surface area contributed by atoms with Crippen molar-refractivity contribution >= 4 is 18.2 Å². The zero-order valence-electron chi connectivity index (χ0n) is 13.0. The Morgan fingerprint density at radius 3 is 2.71 bits per heavy atom. The number of hydrazone groups is 1. The number of ether oxygens (including phenoxy) is 1. The normalized spacial score (nSPS) is 17.5. The highest BCUT2D eigenvalue weighted by molar-refractivity contribution is 5.78. The third kappa shape index (κ3) is 4.53. The summed E-state index contributed by atoms with van der Waals surface area (Å²) in [6.07, 6.45) is 3.86. The van der Waals surface area contributed by atoms with Crippen LogP contribution in [-0.4, -0.2) is 59.4 Å². The molecule has 1 aromatic heterocycles. The van der Waals surface area contributed by atoms with Gasteiger partial charge >= 0.3 is 12.0 Å². The molecule has 1 fully saturated rings. The number of hydrogen-bond donors (Lipinski definition) is 0. The van der Waals surface area contributed by atoms with Gasteiger partial charge in [0.05, 0.1) is 18.8 Å². The molecule has 128 valence electrons. The topological polar surface area (TPSA) is 101 Å². The van der Waals surface area contributed by atoms with E-state index >= 15 is 0 Å². The lowest BCUT2D eigenvalue weighted by molar-refractivity contribution is -0.402. The van der Waals surface area contributed by atoms with Gasteiger partial charge in [0, 0.05) is 19.6 Å². The molecule has 1 aliphatic rings. The van der Waals surface area contributed by atoms with Gasteiger partial charge in [-0.15, -0.1) is 13.2 Å². The van der Waals surface area contributed by atoms with E-state index in [1.165, 1.54) is 18.3 Å².